The van der Waals surface area contributed by atoms with Crippen molar-refractivity contribution in [3.05, 3.63) is 12.3 Å². The van der Waals surface area contributed by atoms with Gasteiger partial charge in [-0.05, 0) is 19.8 Å². The summed E-state index contributed by atoms with van der Waals surface area (Å²) in [5.41, 5.74) is 0.0472. The Labute approximate surface area is 125 Å². The first-order chi connectivity index (χ1) is 9.64. The number of carbonyl (C=O) groups excluding carboxylic acids is 1. The first-order valence-electron chi connectivity index (χ1n) is 8.63. The van der Waals surface area contributed by atoms with E-state index in [1.807, 2.05) is 17.2 Å². The number of hydrogen-bond donors (Lipinski definition) is 0. The van der Waals surface area contributed by atoms with Crippen LogP contribution in [0.5, 0.6) is 0 Å². The van der Waals surface area contributed by atoms with E-state index in [0.717, 1.165) is 12.8 Å². The second-order valence-electron chi connectivity index (χ2n) is 6.47. The Bertz CT molecular complexity index is 297. The van der Waals surface area contributed by atoms with E-state index < -0.39 is 0 Å². The maximum Gasteiger partial charge on any atom is 0.230 e. The largest absolute Gasteiger partial charge is 0.313 e. The smallest absolute Gasteiger partial charge is 0.230 e. The third-order valence-corrected chi connectivity index (χ3v) is 4.54. The molecule has 0 unspecified atom stereocenters. The molecule has 0 saturated heterocycles. The van der Waals surface area contributed by atoms with Gasteiger partial charge in [0.15, 0.2) is 0 Å². The van der Waals surface area contributed by atoms with Crippen LogP contribution in [0, 0.1) is 0 Å². The van der Waals surface area contributed by atoms with E-state index >= 15 is 0 Å². The Morgan fingerprint density at radius 2 is 1.55 bits per heavy atom. The molecule has 1 aliphatic rings. The number of rotatable bonds is 11. The van der Waals surface area contributed by atoms with Crippen LogP contribution in [0.3, 0.4) is 0 Å². The monoisotopic (exact) mass is 279 g/mol. The van der Waals surface area contributed by atoms with Gasteiger partial charge < -0.3 is 4.90 Å². The van der Waals surface area contributed by atoms with Gasteiger partial charge in [0.1, 0.15) is 0 Å². The molecule has 0 saturated carbocycles. The van der Waals surface area contributed by atoms with Crippen LogP contribution in [0.1, 0.15) is 91.4 Å². The lowest BCUT2D eigenvalue weighted by Crippen LogP contribution is -2.44. The molecule has 1 heterocycles. The molecule has 0 aromatic carbocycles. The fourth-order valence-electron chi connectivity index (χ4n) is 3.15. The highest BCUT2D eigenvalue weighted by Crippen LogP contribution is 2.32. The summed E-state index contributed by atoms with van der Waals surface area (Å²) in [6.45, 7) is 6.78. The molecule has 2 heteroatoms. The van der Waals surface area contributed by atoms with Gasteiger partial charge >= 0.3 is 0 Å². The molecule has 1 aliphatic heterocycles. The third-order valence-electron chi connectivity index (χ3n) is 4.54. The van der Waals surface area contributed by atoms with E-state index in [-0.39, 0.29) is 5.54 Å². The quantitative estimate of drug-likeness (QED) is 0.462. The standard InChI is InChI=1S/C18H33NO/c1-4-6-8-10-14-18(3,15-11-9-7-5-2)19-16-12-13-17(19)20/h12,16H,4-11,13-15H2,1-3H3. The summed E-state index contributed by atoms with van der Waals surface area (Å²) in [6.07, 6.45) is 17.2. The predicted molar refractivity (Wildman–Crippen MR) is 86.5 cm³/mol. The Morgan fingerprint density at radius 3 is 1.95 bits per heavy atom. The van der Waals surface area contributed by atoms with Crippen LogP contribution >= 0.6 is 0 Å². The van der Waals surface area contributed by atoms with E-state index in [2.05, 4.69) is 20.8 Å². The lowest BCUT2D eigenvalue weighted by Gasteiger charge is -2.38. The zero-order valence-electron chi connectivity index (χ0n) is 13.8. The molecule has 0 N–H and O–H groups in total. The topological polar surface area (TPSA) is 20.3 Å². The van der Waals surface area contributed by atoms with Gasteiger partial charge in [-0.1, -0.05) is 71.3 Å². The maximum atomic E-state index is 12.1. The lowest BCUT2D eigenvalue weighted by molar-refractivity contribution is -0.131. The fraction of sp³-hybridized carbons (Fsp3) is 0.833. The van der Waals surface area contributed by atoms with Crippen molar-refractivity contribution in [3.63, 3.8) is 0 Å². The van der Waals surface area contributed by atoms with E-state index in [9.17, 15) is 4.79 Å². The van der Waals surface area contributed by atoms with Gasteiger partial charge in [-0.15, -0.1) is 0 Å². The molecule has 0 fully saturated rings. The van der Waals surface area contributed by atoms with Gasteiger partial charge in [-0.3, -0.25) is 4.79 Å². The SMILES string of the molecule is CCCCCCC(C)(CCCCCC)N1C=CCC1=O. The molecule has 0 aliphatic carbocycles. The van der Waals surface area contributed by atoms with Crippen LogP contribution in [0.4, 0.5) is 0 Å². The number of nitrogens with zero attached hydrogens (tertiary/aromatic N) is 1. The molecule has 1 rings (SSSR count). The second-order valence-corrected chi connectivity index (χ2v) is 6.47. The molecular formula is C18H33NO. The molecule has 0 aromatic heterocycles. The summed E-state index contributed by atoms with van der Waals surface area (Å²) < 4.78 is 0. The van der Waals surface area contributed by atoms with Crippen LogP contribution in [0.25, 0.3) is 0 Å². The number of hydrogen-bond acceptors (Lipinski definition) is 1. The van der Waals surface area contributed by atoms with E-state index in [1.165, 1.54) is 51.4 Å². The van der Waals surface area contributed by atoms with Crippen LogP contribution in [-0.2, 0) is 4.79 Å². The van der Waals surface area contributed by atoms with Crippen molar-refractivity contribution in [2.45, 2.75) is 96.9 Å². The van der Waals surface area contributed by atoms with Gasteiger partial charge in [-0.2, -0.15) is 0 Å². The summed E-state index contributed by atoms with van der Waals surface area (Å²) >= 11 is 0. The lowest BCUT2D eigenvalue weighted by atomic mass is 9.86. The summed E-state index contributed by atoms with van der Waals surface area (Å²) in [5.74, 6) is 0.290. The average Bonchev–Trinajstić information content (AvgIpc) is 2.87. The Morgan fingerprint density at radius 1 is 1.00 bits per heavy atom. The highest BCUT2D eigenvalue weighted by atomic mass is 16.2. The summed E-state index contributed by atoms with van der Waals surface area (Å²) in [6, 6.07) is 0. The highest BCUT2D eigenvalue weighted by Gasteiger charge is 2.34. The van der Waals surface area contributed by atoms with Crippen molar-refractivity contribution in [2.24, 2.45) is 0 Å². The number of carbonyl (C=O) groups is 1. The van der Waals surface area contributed by atoms with E-state index in [1.54, 1.807) is 0 Å². The Hall–Kier alpha value is -0.790. The van der Waals surface area contributed by atoms with Crippen molar-refractivity contribution >= 4 is 5.91 Å². The van der Waals surface area contributed by atoms with Gasteiger partial charge in [0, 0.05) is 18.2 Å². The Kier molecular flexibility index (Phi) is 7.94. The predicted octanol–water partition coefficient (Wildman–Crippen LogP) is 5.43. The molecule has 116 valence electrons. The minimum Gasteiger partial charge on any atom is -0.313 e. The van der Waals surface area contributed by atoms with Crippen molar-refractivity contribution in [1.29, 1.82) is 0 Å². The van der Waals surface area contributed by atoms with Gasteiger partial charge in [0.25, 0.3) is 0 Å². The van der Waals surface area contributed by atoms with Crippen LogP contribution in [0.2, 0.25) is 0 Å². The minimum absolute atomic E-state index is 0.0472. The first kappa shape index (κ1) is 17.3. The summed E-state index contributed by atoms with van der Waals surface area (Å²) in [4.78, 5) is 14.1. The number of amides is 1. The molecule has 1 amide bonds. The van der Waals surface area contributed by atoms with Gasteiger partial charge in [0.05, 0.1) is 0 Å². The Balaban J connectivity index is 2.52. The van der Waals surface area contributed by atoms with Crippen molar-refractivity contribution < 1.29 is 4.79 Å². The zero-order chi connectivity index (χ0) is 14.8. The van der Waals surface area contributed by atoms with Crippen molar-refractivity contribution in [3.8, 4) is 0 Å². The normalized spacial score (nSPS) is 15.3. The summed E-state index contributed by atoms with van der Waals surface area (Å²) in [7, 11) is 0. The maximum absolute atomic E-state index is 12.1. The summed E-state index contributed by atoms with van der Waals surface area (Å²) in [5, 5.41) is 0. The van der Waals surface area contributed by atoms with Crippen LogP contribution in [-0.4, -0.2) is 16.3 Å². The molecule has 20 heavy (non-hydrogen) atoms. The molecule has 0 atom stereocenters. The molecule has 0 bridgehead atoms. The fourth-order valence-corrected chi connectivity index (χ4v) is 3.15. The van der Waals surface area contributed by atoms with Gasteiger partial charge in [-0.25, -0.2) is 0 Å². The minimum atomic E-state index is 0.0472. The highest BCUT2D eigenvalue weighted by molar-refractivity contribution is 5.82. The molecule has 0 aromatic rings. The van der Waals surface area contributed by atoms with Gasteiger partial charge in [0.2, 0.25) is 5.91 Å². The molecule has 0 radical (unpaired) electrons. The van der Waals surface area contributed by atoms with Crippen molar-refractivity contribution in [1.82, 2.24) is 4.90 Å². The first-order valence-corrected chi connectivity index (χ1v) is 8.63. The third kappa shape index (κ3) is 5.30. The molecule has 2 nitrogen and oxygen atoms in total. The van der Waals surface area contributed by atoms with Crippen LogP contribution in [0.15, 0.2) is 12.3 Å². The zero-order valence-corrected chi connectivity index (χ0v) is 13.8. The average molecular weight is 279 g/mol. The molecule has 0 spiro atoms. The second kappa shape index (κ2) is 9.20. The van der Waals surface area contributed by atoms with E-state index in [0.29, 0.717) is 12.3 Å². The van der Waals surface area contributed by atoms with Crippen molar-refractivity contribution in [2.75, 3.05) is 0 Å². The molecular weight excluding hydrogens is 246 g/mol. The van der Waals surface area contributed by atoms with Crippen LogP contribution < -0.4 is 0 Å². The number of unbranched alkanes of at least 4 members (excludes halogenated alkanes) is 6. The van der Waals surface area contributed by atoms with E-state index in [4.69, 9.17) is 0 Å².